The molecule has 0 spiro atoms. The number of halogens is 1. The van der Waals surface area contributed by atoms with E-state index in [1.54, 1.807) is 12.1 Å². The number of aliphatic imine (C=N–C) groups is 1. The summed E-state index contributed by atoms with van der Waals surface area (Å²) in [6, 6.07) is 6.59. The Hall–Kier alpha value is -1.67. The summed E-state index contributed by atoms with van der Waals surface area (Å²) in [5.41, 5.74) is 0.591. The van der Waals surface area contributed by atoms with E-state index in [0.29, 0.717) is 38.6 Å². The number of sulfonamides is 1. The predicted octanol–water partition coefficient (Wildman–Crippen LogP) is 2.33. The van der Waals surface area contributed by atoms with E-state index in [2.05, 4.69) is 15.6 Å². The fraction of sp³-hybridized carbons (Fsp3) is 0.632. The highest BCUT2D eigenvalue weighted by atomic mass is 32.2. The van der Waals surface area contributed by atoms with Crippen molar-refractivity contribution in [1.82, 2.24) is 14.9 Å². The molecule has 0 fully saturated rings. The molecular formula is C19H33FN4O2S. The fourth-order valence-electron chi connectivity index (χ4n) is 2.64. The van der Waals surface area contributed by atoms with Gasteiger partial charge in [0.15, 0.2) is 5.96 Å². The van der Waals surface area contributed by atoms with Gasteiger partial charge in [-0.1, -0.05) is 32.9 Å². The summed E-state index contributed by atoms with van der Waals surface area (Å²) in [5.74, 6) is 0.422. The molecule has 0 unspecified atom stereocenters. The van der Waals surface area contributed by atoms with Crippen LogP contribution in [0.4, 0.5) is 4.39 Å². The van der Waals surface area contributed by atoms with Gasteiger partial charge in [-0.15, -0.1) is 0 Å². The van der Waals surface area contributed by atoms with Crippen LogP contribution in [0.5, 0.6) is 0 Å². The Morgan fingerprint density at radius 2 is 1.96 bits per heavy atom. The van der Waals surface area contributed by atoms with Crippen LogP contribution in [0.25, 0.3) is 0 Å². The molecule has 0 saturated carbocycles. The lowest BCUT2D eigenvalue weighted by atomic mass is 9.85. The smallest absolute Gasteiger partial charge is 0.211 e. The van der Waals surface area contributed by atoms with Crippen molar-refractivity contribution in [3.63, 3.8) is 0 Å². The van der Waals surface area contributed by atoms with Gasteiger partial charge in [0.05, 0.1) is 12.8 Å². The van der Waals surface area contributed by atoms with Gasteiger partial charge in [0.25, 0.3) is 0 Å². The van der Waals surface area contributed by atoms with E-state index in [1.165, 1.54) is 16.6 Å². The highest BCUT2D eigenvalue weighted by Gasteiger charge is 2.21. The summed E-state index contributed by atoms with van der Waals surface area (Å²) in [4.78, 5) is 4.62. The van der Waals surface area contributed by atoms with Crippen LogP contribution < -0.4 is 10.6 Å². The summed E-state index contributed by atoms with van der Waals surface area (Å²) in [6.07, 6.45) is 1.91. The summed E-state index contributed by atoms with van der Waals surface area (Å²) in [6.45, 7) is 10.6. The number of guanidine groups is 1. The van der Waals surface area contributed by atoms with Gasteiger partial charge in [-0.05, 0) is 31.0 Å². The zero-order chi connectivity index (χ0) is 20.5. The molecule has 154 valence electrons. The van der Waals surface area contributed by atoms with Crippen molar-refractivity contribution in [1.29, 1.82) is 0 Å². The van der Waals surface area contributed by atoms with Crippen LogP contribution in [0, 0.1) is 5.82 Å². The van der Waals surface area contributed by atoms with Crippen LogP contribution in [0.1, 0.15) is 39.7 Å². The maximum absolute atomic E-state index is 13.5. The lowest BCUT2D eigenvalue weighted by molar-refractivity contribution is 0.424. The molecule has 6 nitrogen and oxygen atoms in total. The molecule has 0 aliphatic heterocycles. The summed E-state index contributed by atoms with van der Waals surface area (Å²) >= 11 is 0. The molecule has 0 atom stereocenters. The minimum absolute atomic E-state index is 0.249. The first kappa shape index (κ1) is 23.4. The van der Waals surface area contributed by atoms with Crippen molar-refractivity contribution < 1.29 is 12.8 Å². The van der Waals surface area contributed by atoms with Crippen LogP contribution in [0.2, 0.25) is 0 Å². The number of hydrogen-bond donors (Lipinski definition) is 2. The molecule has 0 amide bonds. The van der Waals surface area contributed by atoms with E-state index in [9.17, 15) is 12.8 Å². The van der Waals surface area contributed by atoms with Crippen molar-refractivity contribution >= 4 is 16.0 Å². The van der Waals surface area contributed by atoms with Crippen molar-refractivity contribution in [3.8, 4) is 0 Å². The molecule has 1 aromatic rings. The van der Waals surface area contributed by atoms with E-state index in [1.807, 2.05) is 33.8 Å². The molecule has 1 rings (SSSR count). The molecule has 0 aliphatic carbocycles. The second kappa shape index (κ2) is 10.6. The minimum Gasteiger partial charge on any atom is -0.357 e. The first-order chi connectivity index (χ1) is 12.6. The normalized spacial score (nSPS) is 13.1. The summed E-state index contributed by atoms with van der Waals surface area (Å²) in [7, 11) is -3.16. The Kier molecular flexibility index (Phi) is 9.18. The molecule has 8 heteroatoms. The molecule has 0 aliphatic rings. The third kappa shape index (κ3) is 8.26. The Morgan fingerprint density at radius 1 is 1.26 bits per heavy atom. The highest BCUT2D eigenvalue weighted by molar-refractivity contribution is 7.88. The average molecular weight is 401 g/mol. The molecule has 2 N–H and O–H groups in total. The fourth-order valence-corrected chi connectivity index (χ4v) is 3.57. The molecule has 1 aromatic carbocycles. The topological polar surface area (TPSA) is 73.8 Å². The molecule has 0 aromatic heterocycles. The van der Waals surface area contributed by atoms with Gasteiger partial charge in [0.2, 0.25) is 10.0 Å². The Balaban J connectivity index is 2.64. The standard InChI is InChI=1S/C19H33FN4O2S/c1-6-21-18(22-12-9-13-24(7-2)27(5,25)26)23-15-19(3,4)16-10-8-11-17(20)14-16/h8,10-11,14H,6-7,9,12-13,15H2,1-5H3,(H2,21,22,23). The molecule has 0 saturated heterocycles. The lowest BCUT2D eigenvalue weighted by Gasteiger charge is -2.24. The van der Waals surface area contributed by atoms with Gasteiger partial charge in [-0.2, -0.15) is 0 Å². The largest absolute Gasteiger partial charge is 0.357 e. The van der Waals surface area contributed by atoms with E-state index in [-0.39, 0.29) is 11.2 Å². The maximum atomic E-state index is 13.5. The van der Waals surface area contributed by atoms with Crippen molar-refractivity contribution in [2.75, 3.05) is 39.0 Å². The minimum atomic E-state index is -3.16. The lowest BCUT2D eigenvalue weighted by Crippen LogP contribution is -2.40. The number of nitrogens with zero attached hydrogens (tertiary/aromatic N) is 2. The van der Waals surface area contributed by atoms with Crippen LogP contribution in [0.15, 0.2) is 29.3 Å². The van der Waals surface area contributed by atoms with Gasteiger partial charge < -0.3 is 10.6 Å². The second-order valence-electron chi connectivity index (χ2n) is 7.12. The SMILES string of the molecule is CCNC(=NCC(C)(C)c1cccc(F)c1)NCCCN(CC)S(C)(=O)=O. The molecule has 0 bridgehead atoms. The Morgan fingerprint density at radius 3 is 2.52 bits per heavy atom. The van der Waals surface area contributed by atoms with Gasteiger partial charge in [0.1, 0.15) is 5.82 Å². The second-order valence-corrected chi connectivity index (χ2v) is 9.11. The van der Waals surface area contributed by atoms with E-state index in [4.69, 9.17) is 0 Å². The monoisotopic (exact) mass is 400 g/mol. The van der Waals surface area contributed by atoms with Crippen LogP contribution in [0.3, 0.4) is 0 Å². The predicted molar refractivity (Wildman–Crippen MR) is 110 cm³/mol. The van der Waals surface area contributed by atoms with E-state index in [0.717, 1.165) is 12.1 Å². The zero-order valence-electron chi connectivity index (χ0n) is 17.0. The molecule has 0 radical (unpaired) electrons. The van der Waals surface area contributed by atoms with Crippen molar-refractivity contribution in [2.24, 2.45) is 4.99 Å². The highest BCUT2D eigenvalue weighted by Crippen LogP contribution is 2.24. The average Bonchev–Trinajstić information content (AvgIpc) is 2.58. The Labute approximate surface area is 163 Å². The van der Waals surface area contributed by atoms with Gasteiger partial charge >= 0.3 is 0 Å². The quantitative estimate of drug-likeness (QED) is 0.359. The van der Waals surface area contributed by atoms with Crippen molar-refractivity contribution in [2.45, 2.75) is 39.5 Å². The van der Waals surface area contributed by atoms with E-state index < -0.39 is 10.0 Å². The molecular weight excluding hydrogens is 367 g/mol. The third-order valence-electron chi connectivity index (χ3n) is 4.28. The van der Waals surface area contributed by atoms with Crippen LogP contribution in [-0.4, -0.2) is 57.7 Å². The van der Waals surface area contributed by atoms with Crippen LogP contribution >= 0.6 is 0 Å². The number of rotatable bonds is 10. The summed E-state index contributed by atoms with van der Waals surface area (Å²) in [5, 5.41) is 6.41. The Bertz CT molecular complexity index is 720. The van der Waals surface area contributed by atoms with Gasteiger partial charge in [0, 0.05) is 31.6 Å². The maximum Gasteiger partial charge on any atom is 0.211 e. The zero-order valence-corrected chi connectivity index (χ0v) is 17.9. The first-order valence-electron chi connectivity index (χ1n) is 9.33. The number of nitrogens with one attached hydrogen (secondary N) is 2. The number of benzene rings is 1. The first-order valence-corrected chi connectivity index (χ1v) is 11.2. The summed E-state index contributed by atoms with van der Waals surface area (Å²) < 4.78 is 38.2. The van der Waals surface area contributed by atoms with Crippen LogP contribution in [-0.2, 0) is 15.4 Å². The van der Waals surface area contributed by atoms with Gasteiger partial charge in [-0.25, -0.2) is 17.1 Å². The van der Waals surface area contributed by atoms with Gasteiger partial charge in [-0.3, -0.25) is 4.99 Å². The van der Waals surface area contributed by atoms with Crippen molar-refractivity contribution in [3.05, 3.63) is 35.6 Å². The number of hydrogen-bond acceptors (Lipinski definition) is 3. The third-order valence-corrected chi connectivity index (χ3v) is 5.66. The molecule has 27 heavy (non-hydrogen) atoms. The molecule has 0 heterocycles. The van der Waals surface area contributed by atoms with E-state index >= 15 is 0 Å².